The molecule has 0 aliphatic carbocycles. The molecular weight excluding hydrogens is 437 g/mol. The summed E-state index contributed by atoms with van der Waals surface area (Å²) in [6.45, 7) is 0.726. The molecule has 2 bridgehead atoms. The van der Waals surface area contributed by atoms with E-state index in [1.54, 1.807) is 10.4 Å². The number of halogens is 1. The van der Waals surface area contributed by atoms with Crippen molar-refractivity contribution in [3.63, 3.8) is 0 Å². The van der Waals surface area contributed by atoms with Gasteiger partial charge in [0.25, 0.3) is 5.19 Å². The van der Waals surface area contributed by atoms with Gasteiger partial charge in [0, 0.05) is 24.7 Å². The lowest BCUT2D eigenvalue weighted by Crippen LogP contribution is -2.50. The molecule has 5 rings (SSSR count). The van der Waals surface area contributed by atoms with Crippen molar-refractivity contribution in [3.05, 3.63) is 53.8 Å². The maximum absolute atomic E-state index is 13.3. The van der Waals surface area contributed by atoms with Gasteiger partial charge in [-0.25, -0.2) is 17.8 Å². The second-order valence-electron chi connectivity index (χ2n) is 8.36. The van der Waals surface area contributed by atoms with Crippen molar-refractivity contribution in [1.29, 1.82) is 0 Å². The largest absolute Gasteiger partial charge is 0.431 e. The van der Waals surface area contributed by atoms with Crippen LogP contribution in [0, 0.1) is 5.82 Å². The molecule has 2 fully saturated rings. The number of sulfonamides is 1. The second-order valence-corrected chi connectivity index (χ2v) is 11.2. The molecule has 2 atom stereocenters. The summed E-state index contributed by atoms with van der Waals surface area (Å²) in [7, 11) is -3.12. The number of fused-ring (bicyclic) bond motifs is 3. The minimum Gasteiger partial charge on any atom is -0.431 e. The Bertz CT molecular complexity index is 1180. The van der Waals surface area contributed by atoms with Crippen molar-refractivity contribution in [2.24, 2.45) is 0 Å². The lowest BCUT2D eigenvalue weighted by Gasteiger charge is -2.37. The number of hydrogen-bond donors (Lipinski definition) is 1. The Balaban J connectivity index is 1.17. The van der Waals surface area contributed by atoms with Gasteiger partial charge in [-0.2, -0.15) is 4.31 Å². The van der Waals surface area contributed by atoms with Gasteiger partial charge in [0.1, 0.15) is 11.6 Å². The SMILES string of the molecule is CS(=O)(=O)N1C2CCC1CC(NCc1ccc(Oc3nc4ccc(F)cc4s3)cc1)C2. The average Bonchev–Trinajstić information content (AvgIpc) is 3.24. The van der Waals surface area contributed by atoms with Gasteiger partial charge < -0.3 is 10.1 Å². The maximum Gasteiger partial charge on any atom is 0.279 e. The van der Waals surface area contributed by atoms with E-state index in [4.69, 9.17) is 4.74 Å². The molecule has 2 aliphatic rings. The van der Waals surface area contributed by atoms with Crippen LogP contribution in [0.4, 0.5) is 4.39 Å². The van der Waals surface area contributed by atoms with E-state index in [2.05, 4.69) is 10.3 Å². The number of hydrogen-bond acceptors (Lipinski definition) is 6. The minimum atomic E-state index is -3.12. The van der Waals surface area contributed by atoms with Crippen LogP contribution in [0.1, 0.15) is 31.2 Å². The van der Waals surface area contributed by atoms with E-state index in [-0.39, 0.29) is 17.9 Å². The fourth-order valence-electron chi connectivity index (χ4n) is 4.80. The molecule has 6 nitrogen and oxygen atoms in total. The minimum absolute atomic E-state index is 0.129. The van der Waals surface area contributed by atoms with E-state index in [0.717, 1.165) is 48.0 Å². The first kappa shape index (κ1) is 20.8. The molecule has 3 aromatic rings. The predicted molar refractivity (Wildman–Crippen MR) is 119 cm³/mol. The Labute approximate surface area is 185 Å². The van der Waals surface area contributed by atoms with Gasteiger partial charge in [0.15, 0.2) is 0 Å². The first-order chi connectivity index (χ1) is 14.8. The van der Waals surface area contributed by atoms with E-state index in [1.165, 1.54) is 29.7 Å². The van der Waals surface area contributed by atoms with Gasteiger partial charge in [-0.3, -0.25) is 0 Å². The van der Waals surface area contributed by atoms with Crippen LogP contribution in [0.15, 0.2) is 42.5 Å². The number of rotatable bonds is 6. The van der Waals surface area contributed by atoms with E-state index < -0.39 is 10.0 Å². The Morgan fingerprint density at radius 3 is 2.55 bits per heavy atom. The molecule has 0 amide bonds. The standard InChI is InChI=1S/C22H24FN3O3S2/c1-31(27,28)26-17-5-6-18(26)12-16(11-17)24-13-14-2-7-19(8-3-14)29-22-25-20-9-4-15(23)10-21(20)30-22/h2-4,7-10,16-18,24H,5-6,11-13H2,1H3. The van der Waals surface area contributed by atoms with Crippen molar-refractivity contribution < 1.29 is 17.5 Å². The quantitative estimate of drug-likeness (QED) is 0.594. The Morgan fingerprint density at radius 2 is 1.87 bits per heavy atom. The molecule has 2 aliphatic heterocycles. The van der Waals surface area contributed by atoms with Crippen LogP contribution in [0.5, 0.6) is 10.9 Å². The first-order valence-electron chi connectivity index (χ1n) is 10.4. The van der Waals surface area contributed by atoms with Crippen LogP contribution in [-0.2, 0) is 16.6 Å². The highest BCUT2D eigenvalue weighted by Crippen LogP contribution is 2.37. The zero-order chi connectivity index (χ0) is 21.6. The van der Waals surface area contributed by atoms with Gasteiger partial charge in [-0.15, -0.1) is 0 Å². The summed E-state index contributed by atoms with van der Waals surface area (Å²) in [6, 6.07) is 12.9. The molecule has 9 heteroatoms. The van der Waals surface area contributed by atoms with Crippen LogP contribution in [0.3, 0.4) is 0 Å². The van der Waals surface area contributed by atoms with Gasteiger partial charge in [-0.05, 0) is 61.6 Å². The summed E-state index contributed by atoms with van der Waals surface area (Å²) >= 11 is 1.32. The average molecular weight is 462 g/mol. The summed E-state index contributed by atoms with van der Waals surface area (Å²) in [5, 5.41) is 4.08. The second kappa shape index (κ2) is 8.12. The molecule has 0 radical (unpaired) electrons. The molecule has 164 valence electrons. The van der Waals surface area contributed by atoms with Gasteiger partial charge in [-0.1, -0.05) is 23.5 Å². The monoisotopic (exact) mass is 461 g/mol. The zero-order valence-electron chi connectivity index (χ0n) is 17.1. The van der Waals surface area contributed by atoms with Crippen molar-refractivity contribution in [2.45, 2.75) is 50.4 Å². The van der Waals surface area contributed by atoms with Crippen molar-refractivity contribution in [3.8, 4) is 10.9 Å². The number of nitrogens with one attached hydrogen (secondary N) is 1. The molecule has 1 aromatic heterocycles. The zero-order valence-corrected chi connectivity index (χ0v) is 18.8. The predicted octanol–water partition coefficient (Wildman–Crippen LogP) is 4.27. The Morgan fingerprint density at radius 1 is 1.16 bits per heavy atom. The number of aromatic nitrogens is 1. The number of ether oxygens (including phenoxy) is 1. The van der Waals surface area contributed by atoms with E-state index >= 15 is 0 Å². The maximum atomic E-state index is 13.3. The number of nitrogens with zero attached hydrogens (tertiary/aromatic N) is 2. The van der Waals surface area contributed by atoms with Gasteiger partial charge in [0.05, 0.1) is 16.5 Å². The summed E-state index contributed by atoms with van der Waals surface area (Å²) in [5.74, 6) is 0.400. The number of benzene rings is 2. The van der Waals surface area contributed by atoms with Crippen molar-refractivity contribution in [2.75, 3.05) is 6.26 Å². The van der Waals surface area contributed by atoms with Crippen LogP contribution in [0.2, 0.25) is 0 Å². The summed E-state index contributed by atoms with van der Waals surface area (Å²) < 4.78 is 45.7. The van der Waals surface area contributed by atoms with E-state index in [0.29, 0.717) is 17.0 Å². The highest BCUT2D eigenvalue weighted by Gasteiger charge is 2.44. The molecule has 1 N–H and O–H groups in total. The molecule has 2 saturated heterocycles. The van der Waals surface area contributed by atoms with Crippen LogP contribution in [0.25, 0.3) is 10.2 Å². The van der Waals surface area contributed by atoms with Gasteiger partial charge in [0.2, 0.25) is 10.0 Å². The Kier molecular flexibility index (Phi) is 5.45. The van der Waals surface area contributed by atoms with E-state index in [9.17, 15) is 12.8 Å². The molecule has 0 spiro atoms. The fourth-order valence-corrected chi connectivity index (χ4v) is 7.13. The van der Waals surface area contributed by atoms with Crippen LogP contribution < -0.4 is 10.1 Å². The summed E-state index contributed by atoms with van der Waals surface area (Å²) in [4.78, 5) is 4.38. The first-order valence-corrected chi connectivity index (χ1v) is 13.1. The third kappa shape index (κ3) is 4.45. The van der Waals surface area contributed by atoms with Crippen molar-refractivity contribution >= 4 is 31.6 Å². The molecule has 2 unspecified atom stereocenters. The number of piperidine rings is 1. The third-order valence-electron chi connectivity index (χ3n) is 6.10. The summed E-state index contributed by atoms with van der Waals surface area (Å²) in [5.41, 5.74) is 1.86. The Hall–Kier alpha value is -2.07. The fraction of sp³-hybridized carbons (Fsp3) is 0.409. The normalized spacial score (nSPS) is 24.0. The highest BCUT2D eigenvalue weighted by atomic mass is 32.2. The lowest BCUT2D eigenvalue weighted by atomic mass is 9.99. The third-order valence-corrected chi connectivity index (χ3v) is 8.36. The molecular formula is C22H24FN3O3S2. The smallest absolute Gasteiger partial charge is 0.279 e. The number of thiazole rings is 1. The highest BCUT2D eigenvalue weighted by molar-refractivity contribution is 7.88. The van der Waals surface area contributed by atoms with Crippen LogP contribution >= 0.6 is 11.3 Å². The summed E-state index contributed by atoms with van der Waals surface area (Å²) in [6.07, 6.45) is 4.97. The van der Waals surface area contributed by atoms with E-state index in [1.807, 2.05) is 24.3 Å². The van der Waals surface area contributed by atoms with Crippen LogP contribution in [-0.4, -0.2) is 42.1 Å². The molecule has 2 aromatic carbocycles. The molecule has 3 heterocycles. The van der Waals surface area contributed by atoms with Gasteiger partial charge >= 0.3 is 0 Å². The topological polar surface area (TPSA) is 71.5 Å². The molecule has 31 heavy (non-hydrogen) atoms. The lowest BCUT2D eigenvalue weighted by molar-refractivity contribution is 0.207. The van der Waals surface area contributed by atoms with Crippen molar-refractivity contribution in [1.82, 2.24) is 14.6 Å². The molecule has 0 saturated carbocycles.